The fourth-order valence-electron chi connectivity index (χ4n) is 3.14. The molecule has 1 N–H and O–H groups in total. The van der Waals surface area contributed by atoms with Crippen LogP contribution < -0.4 is 0 Å². The molecule has 1 fully saturated rings. The average Bonchev–Trinajstić information content (AvgIpc) is 2.71. The number of likely N-dealkylation sites (N-methyl/N-ethyl adjacent to an activating group) is 1. The molecule has 1 aliphatic heterocycles. The van der Waals surface area contributed by atoms with Crippen molar-refractivity contribution in [3.05, 3.63) is 22.4 Å². The van der Waals surface area contributed by atoms with E-state index in [1.165, 1.54) is 0 Å². The number of amides is 1. The van der Waals surface area contributed by atoms with Gasteiger partial charge in [-0.3, -0.25) is 14.5 Å². The largest absolute Gasteiger partial charge is 0.480 e. The van der Waals surface area contributed by atoms with Crippen molar-refractivity contribution < 1.29 is 14.7 Å². The Hall–Kier alpha value is -1.34. The average molecular weight is 386 g/mol. The van der Waals surface area contributed by atoms with E-state index in [2.05, 4.69) is 15.9 Å². The number of aliphatic carboxylic acids is 1. The fourth-order valence-corrected chi connectivity index (χ4v) is 3.61. The minimum Gasteiger partial charge on any atom is -0.480 e. The lowest BCUT2D eigenvalue weighted by Crippen LogP contribution is -2.37. The zero-order valence-electron chi connectivity index (χ0n) is 13.7. The molecule has 1 aliphatic rings. The second kappa shape index (κ2) is 7.97. The number of aryl methyl sites for hydroxylation is 1. The van der Waals surface area contributed by atoms with Crippen molar-refractivity contribution >= 4 is 27.8 Å². The van der Waals surface area contributed by atoms with Gasteiger partial charge in [-0.15, -0.1) is 0 Å². The highest BCUT2D eigenvalue weighted by Crippen LogP contribution is 2.20. The second-order valence-electron chi connectivity index (χ2n) is 6.02. The topological polar surface area (TPSA) is 65.8 Å². The Labute approximate surface area is 145 Å². The first kappa shape index (κ1) is 18.0. The normalized spacial score (nSPS) is 19.0. The van der Waals surface area contributed by atoms with E-state index in [0.717, 1.165) is 36.8 Å². The Morgan fingerprint density at radius 2 is 2.13 bits per heavy atom. The predicted molar refractivity (Wildman–Crippen MR) is 91.6 cm³/mol. The SMILES string of the molecule is CCn1cc(Br)cc1C(=O)N1CCCC(N(C)CC(=O)O)CC1. The number of nitrogens with zero attached hydrogens (tertiary/aromatic N) is 3. The van der Waals surface area contributed by atoms with Crippen molar-refractivity contribution in [2.45, 2.75) is 38.8 Å². The summed E-state index contributed by atoms with van der Waals surface area (Å²) in [6.45, 7) is 4.21. The van der Waals surface area contributed by atoms with Crippen LogP contribution in [0.4, 0.5) is 0 Å². The van der Waals surface area contributed by atoms with Crippen LogP contribution in [0, 0.1) is 0 Å². The van der Waals surface area contributed by atoms with Gasteiger partial charge in [-0.05, 0) is 55.2 Å². The van der Waals surface area contributed by atoms with Crippen LogP contribution in [-0.4, -0.2) is 64.1 Å². The number of carbonyl (C=O) groups is 2. The summed E-state index contributed by atoms with van der Waals surface area (Å²) < 4.78 is 2.86. The zero-order chi connectivity index (χ0) is 17.0. The summed E-state index contributed by atoms with van der Waals surface area (Å²) in [5, 5.41) is 8.92. The van der Waals surface area contributed by atoms with Crippen molar-refractivity contribution in [3.63, 3.8) is 0 Å². The third-order valence-corrected chi connectivity index (χ3v) is 4.85. The summed E-state index contributed by atoms with van der Waals surface area (Å²) in [5.74, 6) is -0.755. The molecule has 6 nitrogen and oxygen atoms in total. The number of halogens is 1. The predicted octanol–water partition coefficient (Wildman–Crippen LogP) is 2.28. The van der Waals surface area contributed by atoms with E-state index in [-0.39, 0.29) is 18.5 Å². The first-order chi connectivity index (χ1) is 10.9. The van der Waals surface area contributed by atoms with Crippen LogP contribution in [0.25, 0.3) is 0 Å². The number of carboxylic acids is 1. The molecule has 0 spiro atoms. The molecule has 0 radical (unpaired) electrons. The van der Waals surface area contributed by atoms with Gasteiger partial charge in [0.1, 0.15) is 5.69 Å². The van der Waals surface area contributed by atoms with Crippen molar-refractivity contribution in [1.29, 1.82) is 0 Å². The Kier molecular flexibility index (Phi) is 6.24. The second-order valence-corrected chi connectivity index (χ2v) is 6.93. The van der Waals surface area contributed by atoms with Crippen molar-refractivity contribution in [1.82, 2.24) is 14.4 Å². The van der Waals surface area contributed by atoms with Crippen molar-refractivity contribution in [2.75, 3.05) is 26.7 Å². The molecule has 0 saturated carbocycles. The third kappa shape index (κ3) is 4.57. The van der Waals surface area contributed by atoms with Crippen LogP contribution in [0.5, 0.6) is 0 Å². The summed E-state index contributed by atoms with van der Waals surface area (Å²) in [6.07, 6.45) is 4.55. The van der Waals surface area contributed by atoms with E-state index < -0.39 is 5.97 Å². The number of aromatic nitrogens is 1. The molecule has 1 unspecified atom stereocenters. The number of hydrogen-bond acceptors (Lipinski definition) is 3. The van der Waals surface area contributed by atoms with Crippen LogP contribution in [0.3, 0.4) is 0 Å². The minimum absolute atomic E-state index is 0.0459. The molecule has 1 aromatic heterocycles. The molecule has 0 bridgehead atoms. The Bertz CT molecular complexity index is 573. The molecule has 1 aromatic rings. The lowest BCUT2D eigenvalue weighted by Gasteiger charge is -2.25. The summed E-state index contributed by atoms with van der Waals surface area (Å²) in [6, 6.07) is 2.08. The molecule has 0 aromatic carbocycles. The number of likely N-dealkylation sites (tertiary alicyclic amines) is 1. The maximum atomic E-state index is 12.8. The molecule has 2 rings (SSSR count). The van der Waals surface area contributed by atoms with Gasteiger partial charge < -0.3 is 14.6 Å². The quantitative estimate of drug-likeness (QED) is 0.844. The lowest BCUT2D eigenvalue weighted by atomic mass is 10.1. The van der Waals surface area contributed by atoms with E-state index in [1.807, 2.05) is 40.6 Å². The van der Waals surface area contributed by atoms with Gasteiger partial charge in [-0.2, -0.15) is 0 Å². The summed E-state index contributed by atoms with van der Waals surface area (Å²) in [5.41, 5.74) is 0.705. The summed E-state index contributed by atoms with van der Waals surface area (Å²) >= 11 is 3.43. The third-order valence-electron chi connectivity index (χ3n) is 4.42. The van der Waals surface area contributed by atoms with Crippen LogP contribution in [0.1, 0.15) is 36.7 Å². The number of carboxylic acid groups (broad SMARTS) is 1. The van der Waals surface area contributed by atoms with Gasteiger partial charge in [-0.1, -0.05) is 0 Å². The summed E-state index contributed by atoms with van der Waals surface area (Å²) in [4.78, 5) is 27.4. The van der Waals surface area contributed by atoms with Gasteiger partial charge >= 0.3 is 5.97 Å². The Morgan fingerprint density at radius 3 is 2.78 bits per heavy atom. The van der Waals surface area contributed by atoms with E-state index in [9.17, 15) is 9.59 Å². The Morgan fingerprint density at radius 1 is 1.39 bits per heavy atom. The molecule has 1 amide bonds. The number of rotatable bonds is 5. The van der Waals surface area contributed by atoms with Crippen LogP contribution in [0.15, 0.2) is 16.7 Å². The van der Waals surface area contributed by atoms with E-state index in [0.29, 0.717) is 12.2 Å². The molecule has 128 valence electrons. The van der Waals surface area contributed by atoms with E-state index in [4.69, 9.17) is 5.11 Å². The first-order valence-corrected chi connectivity index (χ1v) is 8.78. The van der Waals surface area contributed by atoms with Crippen LogP contribution in [-0.2, 0) is 11.3 Å². The molecule has 1 saturated heterocycles. The van der Waals surface area contributed by atoms with Crippen LogP contribution in [0.2, 0.25) is 0 Å². The van der Waals surface area contributed by atoms with Gasteiger partial charge in [0.05, 0.1) is 6.54 Å². The standard InChI is InChI=1S/C16H24BrN3O3/c1-3-19-10-12(17)9-14(19)16(23)20-7-4-5-13(6-8-20)18(2)11-15(21)22/h9-10,13H,3-8,11H2,1-2H3,(H,21,22). The van der Waals surface area contributed by atoms with E-state index >= 15 is 0 Å². The highest BCUT2D eigenvalue weighted by atomic mass is 79.9. The lowest BCUT2D eigenvalue weighted by molar-refractivity contribution is -0.138. The molecule has 7 heteroatoms. The molecule has 0 aliphatic carbocycles. The molecule has 1 atom stereocenters. The Balaban J connectivity index is 2.02. The van der Waals surface area contributed by atoms with Crippen molar-refractivity contribution in [2.24, 2.45) is 0 Å². The fraction of sp³-hybridized carbons (Fsp3) is 0.625. The molecule has 23 heavy (non-hydrogen) atoms. The van der Waals surface area contributed by atoms with Gasteiger partial charge in [0.2, 0.25) is 0 Å². The van der Waals surface area contributed by atoms with Gasteiger partial charge in [0, 0.05) is 36.3 Å². The first-order valence-electron chi connectivity index (χ1n) is 7.99. The smallest absolute Gasteiger partial charge is 0.317 e. The zero-order valence-corrected chi connectivity index (χ0v) is 15.3. The van der Waals surface area contributed by atoms with Gasteiger partial charge in [0.25, 0.3) is 5.91 Å². The monoisotopic (exact) mass is 385 g/mol. The highest BCUT2D eigenvalue weighted by molar-refractivity contribution is 9.10. The maximum Gasteiger partial charge on any atom is 0.317 e. The molecular weight excluding hydrogens is 362 g/mol. The summed E-state index contributed by atoms with van der Waals surface area (Å²) in [7, 11) is 1.84. The van der Waals surface area contributed by atoms with Crippen molar-refractivity contribution in [3.8, 4) is 0 Å². The minimum atomic E-state index is -0.810. The molecular formula is C16H24BrN3O3. The van der Waals surface area contributed by atoms with Gasteiger partial charge in [0.15, 0.2) is 0 Å². The number of carbonyl (C=O) groups excluding carboxylic acids is 1. The molecule has 2 heterocycles. The highest BCUT2D eigenvalue weighted by Gasteiger charge is 2.26. The van der Waals surface area contributed by atoms with E-state index in [1.54, 1.807) is 0 Å². The number of hydrogen-bond donors (Lipinski definition) is 1. The van der Waals surface area contributed by atoms with Crippen LogP contribution >= 0.6 is 15.9 Å². The maximum absolute atomic E-state index is 12.8. The van der Waals surface area contributed by atoms with Gasteiger partial charge in [-0.25, -0.2) is 0 Å².